The van der Waals surface area contributed by atoms with Gasteiger partial charge in [-0.15, -0.1) is 11.3 Å². The average Bonchev–Trinajstić information content (AvgIpc) is 2.85. The lowest BCUT2D eigenvalue weighted by Crippen LogP contribution is -2.11. The van der Waals surface area contributed by atoms with E-state index in [1.54, 1.807) is 11.3 Å². The molecule has 0 fully saturated rings. The van der Waals surface area contributed by atoms with Gasteiger partial charge in [0.15, 0.2) is 0 Å². The SMILES string of the molecule is CC(C)CSCCCCC/C=C/c1nc(C(C)(C)C)cs1. The topological polar surface area (TPSA) is 12.9 Å². The minimum atomic E-state index is 0.163. The van der Waals surface area contributed by atoms with E-state index in [0.29, 0.717) is 0 Å². The molecule has 0 bridgehead atoms. The van der Waals surface area contributed by atoms with Crippen molar-refractivity contribution in [3.8, 4) is 0 Å². The molecule has 0 aromatic carbocycles. The van der Waals surface area contributed by atoms with Crippen molar-refractivity contribution in [1.29, 1.82) is 0 Å². The lowest BCUT2D eigenvalue weighted by atomic mass is 9.93. The van der Waals surface area contributed by atoms with Crippen LogP contribution in [0.5, 0.6) is 0 Å². The van der Waals surface area contributed by atoms with Crippen molar-refractivity contribution in [2.45, 2.75) is 65.7 Å². The molecule has 0 saturated heterocycles. The summed E-state index contributed by atoms with van der Waals surface area (Å²) in [6.45, 7) is 11.2. The van der Waals surface area contributed by atoms with Crippen molar-refractivity contribution in [3.63, 3.8) is 0 Å². The quantitative estimate of drug-likeness (QED) is 0.487. The Morgan fingerprint density at radius 3 is 2.62 bits per heavy atom. The van der Waals surface area contributed by atoms with Crippen LogP contribution in [-0.2, 0) is 5.41 Å². The van der Waals surface area contributed by atoms with E-state index in [4.69, 9.17) is 0 Å². The van der Waals surface area contributed by atoms with Crippen LogP contribution in [0.2, 0.25) is 0 Å². The van der Waals surface area contributed by atoms with Gasteiger partial charge in [0.25, 0.3) is 0 Å². The monoisotopic (exact) mass is 325 g/mol. The molecule has 1 aromatic rings. The molecular formula is C18H31NS2. The molecule has 120 valence electrons. The number of unbranched alkanes of at least 4 members (excludes halogenated alkanes) is 3. The van der Waals surface area contributed by atoms with Gasteiger partial charge in [-0.2, -0.15) is 11.8 Å². The van der Waals surface area contributed by atoms with E-state index in [1.807, 2.05) is 0 Å². The number of thiazole rings is 1. The second-order valence-electron chi connectivity index (χ2n) is 7.04. The third-order valence-corrected chi connectivity index (χ3v) is 5.45. The number of aromatic nitrogens is 1. The van der Waals surface area contributed by atoms with Gasteiger partial charge in [0, 0.05) is 10.8 Å². The first kappa shape index (κ1) is 18.8. The first-order chi connectivity index (χ1) is 9.89. The summed E-state index contributed by atoms with van der Waals surface area (Å²) in [5.41, 5.74) is 1.37. The standard InChI is InChI=1S/C18H31NS2/c1-15(2)13-20-12-10-8-6-7-9-11-17-19-16(14-21-17)18(3,4)5/h9,11,14-15H,6-8,10,12-13H2,1-5H3/b11-9+. The van der Waals surface area contributed by atoms with Gasteiger partial charge in [0.05, 0.1) is 5.69 Å². The molecule has 0 aliphatic heterocycles. The highest BCUT2D eigenvalue weighted by atomic mass is 32.2. The van der Waals surface area contributed by atoms with E-state index in [1.165, 1.54) is 42.9 Å². The number of nitrogens with zero attached hydrogens (tertiary/aromatic N) is 1. The molecule has 0 radical (unpaired) electrons. The Morgan fingerprint density at radius 1 is 1.24 bits per heavy atom. The number of hydrogen-bond donors (Lipinski definition) is 0. The minimum Gasteiger partial charge on any atom is -0.241 e. The maximum atomic E-state index is 4.68. The van der Waals surface area contributed by atoms with Crippen LogP contribution in [0.1, 0.15) is 71.0 Å². The summed E-state index contributed by atoms with van der Waals surface area (Å²) < 4.78 is 0. The fourth-order valence-corrected chi connectivity index (χ4v) is 3.87. The third kappa shape index (κ3) is 8.67. The molecule has 1 aromatic heterocycles. The van der Waals surface area contributed by atoms with Crippen LogP contribution in [0, 0.1) is 5.92 Å². The minimum absolute atomic E-state index is 0.163. The molecule has 0 unspecified atom stereocenters. The van der Waals surface area contributed by atoms with E-state index < -0.39 is 0 Å². The summed E-state index contributed by atoms with van der Waals surface area (Å²) in [7, 11) is 0. The Hall–Kier alpha value is -0.280. The zero-order chi connectivity index (χ0) is 15.7. The largest absolute Gasteiger partial charge is 0.241 e. The van der Waals surface area contributed by atoms with Gasteiger partial charge in [-0.1, -0.05) is 47.1 Å². The zero-order valence-corrected chi connectivity index (χ0v) is 15.9. The molecular weight excluding hydrogens is 294 g/mol. The fourth-order valence-electron chi connectivity index (χ4n) is 1.85. The Morgan fingerprint density at radius 2 is 2.00 bits per heavy atom. The van der Waals surface area contributed by atoms with Gasteiger partial charge in [-0.3, -0.25) is 0 Å². The molecule has 0 spiro atoms. The van der Waals surface area contributed by atoms with E-state index in [0.717, 1.165) is 10.9 Å². The van der Waals surface area contributed by atoms with E-state index in [2.05, 4.69) is 68.9 Å². The molecule has 21 heavy (non-hydrogen) atoms. The number of allylic oxidation sites excluding steroid dienone is 1. The van der Waals surface area contributed by atoms with Crippen molar-refractivity contribution in [2.24, 2.45) is 5.92 Å². The third-order valence-electron chi connectivity index (χ3n) is 3.16. The molecule has 1 heterocycles. The first-order valence-corrected chi connectivity index (χ1v) is 10.1. The van der Waals surface area contributed by atoms with Crippen LogP contribution in [0.25, 0.3) is 6.08 Å². The zero-order valence-electron chi connectivity index (χ0n) is 14.3. The smallest absolute Gasteiger partial charge is 0.116 e. The van der Waals surface area contributed by atoms with Gasteiger partial charge in [-0.25, -0.2) is 4.98 Å². The van der Waals surface area contributed by atoms with Crippen molar-refractivity contribution in [2.75, 3.05) is 11.5 Å². The molecule has 0 atom stereocenters. The highest BCUT2D eigenvalue weighted by molar-refractivity contribution is 7.99. The van der Waals surface area contributed by atoms with Crippen LogP contribution in [0.4, 0.5) is 0 Å². The second-order valence-corrected chi connectivity index (χ2v) is 9.08. The highest BCUT2D eigenvalue weighted by Gasteiger charge is 2.16. The van der Waals surface area contributed by atoms with E-state index in [9.17, 15) is 0 Å². The highest BCUT2D eigenvalue weighted by Crippen LogP contribution is 2.24. The number of hydrogen-bond acceptors (Lipinski definition) is 3. The van der Waals surface area contributed by atoms with E-state index >= 15 is 0 Å². The van der Waals surface area contributed by atoms with Gasteiger partial charge < -0.3 is 0 Å². The van der Waals surface area contributed by atoms with Crippen LogP contribution in [0.3, 0.4) is 0 Å². The molecule has 0 aliphatic rings. The summed E-state index contributed by atoms with van der Waals surface area (Å²) >= 11 is 3.85. The predicted molar refractivity (Wildman–Crippen MR) is 100 cm³/mol. The average molecular weight is 326 g/mol. The molecule has 0 aliphatic carbocycles. The Bertz CT molecular complexity index is 413. The van der Waals surface area contributed by atoms with Crippen molar-refractivity contribution in [3.05, 3.63) is 22.2 Å². The van der Waals surface area contributed by atoms with Gasteiger partial charge in [0.1, 0.15) is 5.01 Å². The Kier molecular flexibility index (Phi) is 8.65. The van der Waals surface area contributed by atoms with E-state index in [-0.39, 0.29) is 5.41 Å². The molecule has 3 heteroatoms. The summed E-state index contributed by atoms with van der Waals surface area (Å²) in [6.07, 6.45) is 9.66. The molecule has 1 nitrogen and oxygen atoms in total. The molecule has 1 rings (SSSR count). The van der Waals surface area contributed by atoms with Crippen LogP contribution in [-0.4, -0.2) is 16.5 Å². The lowest BCUT2D eigenvalue weighted by molar-refractivity contribution is 0.573. The molecule has 0 saturated carbocycles. The van der Waals surface area contributed by atoms with Crippen LogP contribution < -0.4 is 0 Å². The summed E-state index contributed by atoms with van der Waals surface area (Å²) in [6, 6.07) is 0. The van der Waals surface area contributed by atoms with Crippen molar-refractivity contribution in [1.82, 2.24) is 4.98 Å². The predicted octanol–water partition coefficient (Wildman–Crippen LogP) is 6.40. The van der Waals surface area contributed by atoms with Crippen LogP contribution >= 0.6 is 23.1 Å². The van der Waals surface area contributed by atoms with Gasteiger partial charge in [0.2, 0.25) is 0 Å². The van der Waals surface area contributed by atoms with Gasteiger partial charge in [-0.05, 0) is 42.8 Å². The summed E-state index contributed by atoms with van der Waals surface area (Å²) in [5, 5.41) is 3.33. The van der Waals surface area contributed by atoms with Gasteiger partial charge >= 0.3 is 0 Å². The summed E-state index contributed by atoms with van der Waals surface area (Å²) in [5.74, 6) is 3.46. The Labute approximate surface area is 139 Å². The first-order valence-electron chi connectivity index (χ1n) is 8.10. The number of rotatable bonds is 9. The van der Waals surface area contributed by atoms with Crippen molar-refractivity contribution < 1.29 is 0 Å². The normalized spacial score (nSPS) is 12.7. The molecule has 0 N–H and O–H groups in total. The number of thioether (sulfide) groups is 1. The molecule has 0 amide bonds. The summed E-state index contributed by atoms with van der Waals surface area (Å²) in [4.78, 5) is 4.68. The van der Waals surface area contributed by atoms with Crippen LogP contribution in [0.15, 0.2) is 11.5 Å². The maximum Gasteiger partial charge on any atom is 0.116 e. The second kappa shape index (κ2) is 9.68. The lowest BCUT2D eigenvalue weighted by Gasteiger charge is -2.13. The Balaban J connectivity index is 2.11. The maximum absolute atomic E-state index is 4.68. The fraction of sp³-hybridized carbons (Fsp3) is 0.722. The van der Waals surface area contributed by atoms with Crippen molar-refractivity contribution >= 4 is 29.2 Å².